The third kappa shape index (κ3) is 4.97. The van der Waals surface area contributed by atoms with Gasteiger partial charge in [0, 0.05) is 0 Å². The maximum Gasteiger partial charge on any atom is 0.133 e. The van der Waals surface area contributed by atoms with Gasteiger partial charge < -0.3 is 0 Å². The second-order valence-electron chi connectivity index (χ2n) is 6.05. The fraction of sp³-hybridized carbons (Fsp3) is 0.667. The molecule has 0 aliphatic rings. The topological polar surface area (TPSA) is 0 Å². The fourth-order valence-corrected chi connectivity index (χ4v) is 2.80. The smallest absolute Gasteiger partial charge is 0.133 e. The molecule has 19 heavy (non-hydrogen) atoms. The number of alkyl halides is 1. The van der Waals surface area contributed by atoms with E-state index in [9.17, 15) is 0 Å². The molecular formula is C18H28F. The molecule has 0 nitrogen and oxygen atoms in total. The van der Waals surface area contributed by atoms with E-state index in [2.05, 4.69) is 19.9 Å². The second kappa shape index (κ2) is 7.07. The Labute approximate surface area is 118 Å². The van der Waals surface area contributed by atoms with Crippen LogP contribution in [0.25, 0.3) is 0 Å². The van der Waals surface area contributed by atoms with Crippen LogP contribution in [0.5, 0.6) is 0 Å². The molecule has 2 unspecified atom stereocenters. The van der Waals surface area contributed by atoms with Crippen LogP contribution in [0, 0.1) is 25.8 Å². The fourth-order valence-electron chi connectivity index (χ4n) is 2.80. The molecule has 107 valence electrons. The Kier molecular flexibility index (Phi) is 6.03. The molecular weight excluding hydrogens is 235 g/mol. The molecule has 0 spiro atoms. The summed E-state index contributed by atoms with van der Waals surface area (Å²) in [6.45, 7) is 10.1. The van der Waals surface area contributed by atoms with Crippen molar-refractivity contribution >= 4 is 0 Å². The molecule has 1 aromatic carbocycles. The van der Waals surface area contributed by atoms with Gasteiger partial charge in [-0.1, -0.05) is 51.7 Å². The van der Waals surface area contributed by atoms with E-state index in [1.54, 1.807) is 6.92 Å². The minimum atomic E-state index is -1.22. The first kappa shape index (κ1) is 16.2. The van der Waals surface area contributed by atoms with Crippen molar-refractivity contribution in [2.24, 2.45) is 5.92 Å². The van der Waals surface area contributed by atoms with Crippen molar-refractivity contribution in [1.82, 2.24) is 0 Å². The van der Waals surface area contributed by atoms with Crippen molar-refractivity contribution in [2.75, 3.05) is 0 Å². The van der Waals surface area contributed by atoms with Crippen LogP contribution in [0.15, 0.2) is 12.1 Å². The van der Waals surface area contributed by atoms with Gasteiger partial charge in [0.05, 0.1) is 0 Å². The lowest BCUT2D eigenvalue weighted by Crippen LogP contribution is -2.20. The van der Waals surface area contributed by atoms with Gasteiger partial charge in [-0.3, -0.25) is 0 Å². The summed E-state index contributed by atoms with van der Waals surface area (Å²) in [6.07, 6.45) is 5.24. The van der Waals surface area contributed by atoms with E-state index < -0.39 is 5.67 Å². The lowest BCUT2D eigenvalue weighted by atomic mass is 9.83. The molecule has 1 rings (SSSR count). The molecule has 0 heterocycles. The summed E-state index contributed by atoms with van der Waals surface area (Å²) >= 11 is 0. The molecule has 1 radical (unpaired) electrons. The Morgan fingerprint density at radius 1 is 1.21 bits per heavy atom. The lowest BCUT2D eigenvalue weighted by Gasteiger charge is -2.27. The average molecular weight is 263 g/mol. The molecule has 2 atom stereocenters. The minimum absolute atomic E-state index is 0.486. The summed E-state index contributed by atoms with van der Waals surface area (Å²) in [5.41, 5.74) is 1.65. The van der Waals surface area contributed by atoms with Gasteiger partial charge in [-0.05, 0) is 55.9 Å². The number of benzene rings is 1. The van der Waals surface area contributed by atoms with Gasteiger partial charge >= 0.3 is 0 Å². The Balaban J connectivity index is 2.83. The third-order valence-electron chi connectivity index (χ3n) is 3.96. The molecule has 0 aromatic heterocycles. The summed E-state index contributed by atoms with van der Waals surface area (Å²) < 4.78 is 15.0. The summed E-state index contributed by atoms with van der Waals surface area (Å²) in [5.74, 6) is 0.486. The molecule has 0 fully saturated rings. The number of hydrogen-bond donors (Lipinski definition) is 0. The first-order valence-corrected chi connectivity index (χ1v) is 7.59. The largest absolute Gasteiger partial charge is 0.239 e. The van der Waals surface area contributed by atoms with E-state index in [0.29, 0.717) is 12.3 Å². The number of rotatable bonds is 7. The van der Waals surface area contributed by atoms with E-state index in [0.717, 1.165) is 29.5 Å². The van der Waals surface area contributed by atoms with Gasteiger partial charge in [0.1, 0.15) is 5.67 Å². The number of unbranched alkanes of at least 4 members (excludes halogenated alkanes) is 1. The highest BCUT2D eigenvalue weighted by molar-refractivity contribution is 5.31. The molecule has 0 saturated heterocycles. The Hall–Kier alpha value is -0.850. The molecule has 1 heteroatoms. The van der Waals surface area contributed by atoms with Crippen LogP contribution in [0.4, 0.5) is 4.39 Å². The molecule has 0 amide bonds. The number of hydrogen-bond acceptors (Lipinski definition) is 0. The maximum absolute atomic E-state index is 15.0. The van der Waals surface area contributed by atoms with E-state index >= 15 is 4.39 Å². The van der Waals surface area contributed by atoms with Crippen molar-refractivity contribution in [3.05, 3.63) is 34.9 Å². The van der Waals surface area contributed by atoms with Gasteiger partial charge in [0.2, 0.25) is 0 Å². The first-order chi connectivity index (χ1) is 8.89. The zero-order chi connectivity index (χ0) is 14.5. The lowest BCUT2D eigenvalue weighted by molar-refractivity contribution is 0.139. The number of halogens is 1. The minimum Gasteiger partial charge on any atom is -0.239 e. The van der Waals surface area contributed by atoms with Crippen molar-refractivity contribution in [3.8, 4) is 0 Å². The highest BCUT2D eigenvalue weighted by Crippen LogP contribution is 2.36. The van der Waals surface area contributed by atoms with E-state index in [-0.39, 0.29) is 0 Å². The van der Waals surface area contributed by atoms with E-state index in [1.165, 1.54) is 12.8 Å². The van der Waals surface area contributed by atoms with Crippen molar-refractivity contribution in [3.63, 3.8) is 0 Å². The van der Waals surface area contributed by atoms with Gasteiger partial charge in [0.25, 0.3) is 0 Å². The third-order valence-corrected chi connectivity index (χ3v) is 3.96. The summed E-state index contributed by atoms with van der Waals surface area (Å²) in [5, 5.41) is 0. The van der Waals surface area contributed by atoms with Crippen LogP contribution in [0.1, 0.15) is 69.6 Å². The molecule has 1 aromatic rings. The standard InChI is InChI=1S/C18H28F/c1-6-8-9-16(7-2)13-18(5,19)17-11-14(3)10-15(4)12-17/h11-12,16H,6-9,13H2,1-5H3. The molecule has 0 aliphatic heterocycles. The molecule has 0 N–H and O–H groups in total. The summed E-state index contributed by atoms with van der Waals surface area (Å²) in [4.78, 5) is 0. The molecule has 0 aliphatic carbocycles. The van der Waals surface area contributed by atoms with Crippen molar-refractivity contribution in [1.29, 1.82) is 0 Å². The Bertz CT molecular complexity index is 372. The number of aryl methyl sites for hydroxylation is 2. The maximum atomic E-state index is 15.0. The van der Waals surface area contributed by atoms with E-state index in [4.69, 9.17) is 0 Å². The van der Waals surface area contributed by atoms with E-state index in [1.807, 2.05) is 26.0 Å². The zero-order valence-corrected chi connectivity index (χ0v) is 13.1. The zero-order valence-electron chi connectivity index (χ0n) is 13.1. The SMILES string of the molecule is CCCCC(CC)CC(C)(F)c1cc(C)[c]c(C)c1. The van der Waals surface area contributed by atoms with Crippen LogP contribution < -0.4 is 0 Å². The first-order valence-electron chi connectivity index (χ1n) is 7.59. The predicted molar refractivity (Wildman–Crippen MR) is 81.1 cm³/mol. The molecule has 0 saturated carbocycles. The Morgan fingerprint density at radius 3 is 2.26 bits per heavy atom. The van der Waals surface area contributed by atoms with Crippen molar-refractivity contribution in [2.45, 2.75) is 72.4 Å². The monoisotopic (exact) mass is 263 g/mol. The van der Waals surface area contributed by atoms with Crippen LogP contribution in [-0.2, 0) is 5.67 Å². The Morgan fingerprint density at radius 2 is 1.79 bits per heavy atom. The van der Waals surface area contributed by atoms with Gasteiger partial charge in [-0.15, -0.1) is 0 Å². The summed E-state index contributed by atoms with van der Waals surface area (Å²) in [6, 6.07) is 7.11. The van der Waals surface area contributed by atoms with Gasteiger partial charge in [-0.2, -0.15) is 0 Å². The molecule has 0 bridgehead atoms. The average Bonchev–Trinajstić information content (AvgIpc) is 2.33. The van der Waals surface area contributed by atoms with Gasteiger partial charge in [-0.25, -0.2) is 4.39 Å². The normalized spacial score (nSPS) is 16.1. The quantitative estimate of drug-likeness (QED) is 0.575. The summed E-state index contributed by atoms with van der Waals surface area (Å²) in [7, 11) is 0. The highest BCUT2D eigenvalue weighted by Gasteiger charge is 2.29. The van der Waals surface area contributed by atoms with Crippen LogP contribution in [-0.4, -0.2) is 0 Å². The van der Waals surface area contributed by atoms with Crippen molar-refractivity contribution < 1.29 is 4.39 Å². The van der Waals surface area contributed by atoms with Crippen LogP contribution in [0.2, 0.25) is 0 Å². The van der Waals surface area contributed by atoms with Crippen LogP contribution >= 0.6 is 0 Å². The second-order valence-corrected chi connectivity index (χ2v) is 6.05. The van der Waals surface area contributed by atoms with Crippen LogP contribution in [0.3, 0.4) is 0 Å². The predicted octanol–water partition coefficient (Wildman–Crippen LogP) is 5.89. The van der Waals surface area contributed by atoms with Gasteiger partial charge in [0.15, 0.2) is 0 Å². The highest BCUT2D eigenvalue weighted by atomic mass is 19.1.